The molecule has 0 spiro atoms. The summed E-state index contributed by atoms with van der Waals surface area (Å²) >= 11 is 5.90. The maximum Gasteiger partial charge on any atom is 0.318 e. The summed E-state index contributed by atoms with van der Waals surface area (Å²) in [5, 5.41) is 2.44. The van der Waals surface area contributed by atoms with Gasteiger partial charge in [0, 0.05) is 11.4 Å². The van der Waals surface area contributed by atoms with Crippen molar-refractivity contribution in [2.45, 2.75) is 19.8 Å². The zero-order chi connectivity index (χ0) is 16.5. The van der Waals surface area contributed by atoms with Gasteiger partial charge < -0.3 is 15.2 Å². The molecule has 0 radical (unpaired) electrons. The van der Waals surface area contributed by atoms with Crippen LogP contribution in [0, 0.1) is 6.92 Å². The second kappa shape index (κ2) is 8.89. The summed E-state index contributed by atoms with van der Waals surface area (Å²) < 4.78 is 10.1. The number of halogens is 1. The molecule has 1 rings (SSSR count). The van der Waals surface area contributed by atoms with Crippen LogP contribution in [0.1, 0.15) is 18.4 Å². The lowest BCUT2D eigenvalue weighted by molar-refractivity contribution is -0.148. The first-order valence-corrected chi connectivity index (χ1v) is 6.90. The molecule has 1 aromatic carbocycles. The van der Waals surface area contributed by atoms with E-state index in [9.17, 15) is 14.4 Å². The van der Waals surface area contributed by atoms with E-state index in [1.807, 2.05) is 6.92 Å². The van der Waals surface area contributed by atoms with Gasteiger partial charge in [-0.25, -0.2) is 4.79 Å². The predicted molar refractivity (Wildman–Crippen MR) is 79.6 cm³/mol. The highest BCUT2D eigenvalue weighted by atomic mass is 35.5. The van der Waals surface area contributed by atoms with Crippen LogP contribution >= 0.6 is 11.6 Å². The molecule has 0 aliphatic heterocycles. The van der Waals surface area contributed by atoms with Crippen LogP contribution in [0.15, 0.2) is 18.2 Å². The lowest BCUT2D eigenvalue weighted by Crippen LogP contribution is -2.37. The number of nitrogens with one attached hydrogen (secondary N) is 1. The van der Waals surface area contributed by atoms with Crippen molar-refractivity contribution in [2.24, 2.45) is 5.73 Å². The molecule has 0 saturated heterocycles. The average Bonchev–Trinajstić information content (AvgIpc) is 2.44. The van der Waals surface area contributed by atoms with Crippen LogP contribution in [0.4, 0.5) is 4.79 Å². The Morgan fingerprint density at radius 2 is 2.05 bits per heavy atom. The fraction of sp³-hybridized carbons (Fsp3) is 0.357. The minimum atomic E-state index is -0.993. The average molecular weight is 329 g/mol. The molecular formula is C14H17ClN2O5. The summed E-state index contributed by atoms with van der Waals surface area (Å²) in [4.78, 5) is 32.7. The van der Waals surface area contributed by atoms with E-state index in [-0.39, 0.29) is 6.42 Å². The molecule has 1 aromatic rings. The van der Waals surface area contributed by atoms with Gasteiger partial charge in [-0.1, -0.05) is 11.6 Å². The van der Waals surface area contributed by atoms with Crippen molar-refractivity contribution in [2.75, 3.05) is 13.2 Å². The Morgan fingerprint density at radius 1 is 1.32 bits per heavy atom. The van der Waals surface area contributed by atoms with Gasteiger partial charge in [-0.15, -0.1) is 0 Å². The molecule has 0 aliphatic rings. The molecule has 0 heterocycles. The number of carbonyl (C=O) groups is 3. The summed E-state index contributed by atoms with van der Waals surface area (Å²) in [7, 11) is 0. The van der Waals surface area contributed by atoms with Gasteiger partial charge in [0.05, 0.1) is 6.61 Å². The van der Waals surface area contributed by atoms with Crippen molar-refractivity contribution in [1.29, 1.82) is 0 Å². The number of hydrogen-bond acceptors (Lipinski definition) is 5. The molecule has 120 valence electrons. The number of amides is 3. The van der Waals surface area contributed by atoms with Crippen LogP contribution in [-0.4, -0.2) is 31.1 Å². The first-order valence-electron chi connectivity index (χ1n) is 6.52. The predicted octanol–water partition coefficient (Wildman–Crippen LogP) is 1.55. The lowest BCUT2D eigenvalue weighted by atomic mass is 10.2. The number of rotatable bonds is 7. The van der Waals surface area contributed by atoms with Gasteiger partial charge in [-0.2, -0.15) is 0 Å². The first-order chi connectivity index (χ1) is 10.4. The van der Waals surface area contributed by atoms with E-state index in [2.05, 4.69) is 4.74 Å². The number of hydrogen-bond donors (Lipinski definition) is 2. The SMILES string of the molecule is Cc1cc(OCCCC(=O)OCC(=O)NC(N)=O)ccc1Cl. The third-order valence-electron chi connectivity index (χ3n) is 2.55. The van der Waals surface area contributed by atoms with Gasteiger partial charge in [0.2, 0.25) is 0 Å². The topological polar surface area (TPSA) is 108 Å². The van der Waals surface area contributed by atoms with Crippen LogP contribution < -0.4 is 15.8 Å². The molecule has 3 amide bonds. The number of esters is 1. The first kappa shape index (κ1) is 17.8. The minimum absolute atomic E-state index is 0.0937. The minimum Gasteiger partial charge on any atom is -0.494 e. The van der Waals surface area contributed by atoms with Crippen LogP contribution in [-0.2, 0) is 14.3 Å². The zero-order valence-corrected chi connectivity index (χ0v) is 12.8. The van der Waals surface area contributed by atoms with Crippen LogP contribution in [0.3, 0.4) is 0 Å². The summed E-state index contributed by atoms with van der Waals surface area (Å²) in [5.74, 6) is -0.666. The number of ether oxygens (including phenoxy) is 2. The highest BCUT2D eigenvalue weighted by Crippen LogP contribution is 2.21. The van der Waals surface area contributed by atoms with Crippen molar-refractivity contribution >= 4 is 29.5 Å². The number of aryl methyl sites for hydroxylation is 1. The van der Waals surface area contributed by atoms with E-state index in [4.69, 9.17) is 22.1 Å². The van der Waals surface area contributed by atoms with Gasteiger partial charge in [0.25, 0.3) is 5.91 Å². The highest BCUT2D eigenvalue weighted by molar-refractivity contribution is 6.31. The summed E-state index contributed by atoms with van der Waals surface area (Å²) in [6.45, 7) is 1.65. The quantitative estimate of drug-likeness (QED) is 0.583. The Balaban J connectivity index is 2.18. The van der Waals surface area contributed by atoms with Crippen LogP contribution in [0.5, 0.6) is 5.75 Å². The molecule has 0 aliphatic carbocycles. The monoisotopic (exact) mass is 328 g/mol. The molecule has 0 fully saturated rings. The zero-order valence-electron chi connectivity index (χ0n) is 12.1. The van der Waals surface area contributed by atoms with E-state index in [0.29, 0.717) is 23.8 Å². The van der Waals surface area contributed by atoms with Crippen molar-refractivity contribution in [1.82, 2.24) is 5.32 Å². The van der Waals surface area contributed by atoms with Crippen LogP contribution in [0.25, 0.3) is 0 Å². The molecule has 0 aromatic heterocycles. The third kappa shape index (κ3) is 6.94. The van der Waals surface area contributed by atoms with Gasteiger partial charge in [-0.05, 0) is 37.1 Å². The van der Waals surface area contributed by atoms with Gasteiger partial charge in [-0.3, -0.25) is 14.9 Å². The second-order valence-electron chi connectivity index (χ2n) is 4.44. The maximum absolute atomic E-state index is 11.4. The van der Waals surface area contributed by atoms with Crippen molar-refractivity contribution in [3.8, 4) is 5.75 Å². The Bertz CT molecular complexity index is 562. The molecule has 0 unspecified atom stereocenters. The van der Waals surface area contributed by atoms with Crippen LogP contribution in [0.2, 0.25) is 5.02 Å². The fourth-order valence-corrected chi connectivity index (χ4v) is 1.62. The van der Waals surface area contributed by atoms with E-state index < -0.39 is 24.5 Å². The van der Waals surface area contributed by atoms with Crippen molar-refractivity contribution < 1.29 is 23.9 Å². The Morgan fingerprint density at radius 3 is 2.68 bits per heavy atom. The Labute approximate surface area is 132 Å². The molecule has 7 nitrogen and oxygen atoms in total. The van der Waals surface area contributed by atoms with Crippen molar-refractivity contribution in [3.05, 3.63) is 28.8 Å². The van der Waals surface area contributed by atoms with E-state index in [1.54, 1.807) is 23.5 Å². The van der Waals surface area contributed by atoms with Gasteiger partial charge in [0.15, 0.2) is 6.61 Å². The molecule has 0 atom stereocenters. The summed E-state index contributed by atoms with van der Waals surface area (Å²) in [6, 6.07) is 4.28. The summed E-state index contributed by atoms with van der Waals surface area (Å²) in [5.41, 5.74) is 5.64. The standard InChI is InChI=1S/C14H17ClN2O5/c1-9-7-10(4-5-11(9)15)21-6-2-3-13(19)22-8-12(18)17-14(16)20/h4-5,7H,2-3,6,8H2,1H3,(H3,16,17,18,20). The second-order valence-corrected chi connectivity index (χ2v) is 4.84. The van der Waals surface area contributed by atoms with Crippen molar-refractivity contribution in [3.63, 3.8) is 0 Å². The molecular weight excluding hydrogens is 312 g/mol. The van der Waals surface area contributed by atoms with E-state index in [1.165, 1.54) is 0 Å². The third-order valence-corrected chi connectivity index (χ3v) is 2.97. The number of carbonyl (C=O) groups excluding carboxylic acids is 3. The number of urea groups is 1. The fourth-order valence-electron chi connectivity index (χ4n) is 1.51. The number of imide groups is 1. The Hall–Kier alpha value is -2.28. The number of nitrogens with two attached hydrogens (primary N) is 1. The highest BCUT2D eigenvalue weighted by Gasteiger charge is 2.09. The normalized spacial score (nSPS) is 9.91. The largest absolute Gasteiger partial charge is 0.494 e. The molecule has 0 bridgehead atoms. The Kier molecular flexibility index (Phi) is 7.18. The molecule has 8 heteroatoms. The smallest absolute Gasteiger partial charge is 0.318 e. The number of benzene rings is 1. The number of primary amides is 1. The molecule has 3 N–H and O–H groups in total. The van der Waals surface area contributed by atoms with E-state index in [0.717, 1.165) is 5.56 Å². The maximum atomic E-state index is 11.4. The van der Waals surface area contributed by atoms with Gasteiger partial charge in [0.1, 0.15) is 5.75 Å². The van der Waals surface area contributed by atoms with E-state index >= 15 is 0 Å². The molecule has 0 saturated carbocycles. The molecule has 22 heavy (non-hydrogen) atoms. The lowest BCUT2D eigenvalue weighted by Gasteiger charge is -2.08. The van der Waals surface area contributed by atoms with Gasteiger partial charge >= 0.3 is 12.0 Å². The summed E-state index contributed by atoms with van der Waals surface area (Å²) in [6.07, 6.45) is 0.522.